The molecular formula is C23H27FN4S2. The topological polar surface area (TPSA) is 41.1 Å². The summed E-state index contributed by atoms with van der Waals surface area (Å²) in [5.41, 5.74) is 6.41. The zero-order chi connectivity index (χ0) is 20.7. The molecule has 5 rings (SSSR count). The summed E-state index contributed by atoms with van der Waals surface area (Å²) in [6.07, 6.45) is 5.24. The van der Waals surface area contributed by atoms with E-state index in [1.54, 1.807) is 11.3 Å². The van der Waals surface area contributed by atoms with Gasteiger partial charge in [-0.25, -0.2) is 14.4 Å². The predicted molar refractivity (Wildman–Crippen MR) is 125 cm³/mol. The Morgan fingerprint density at radius 2 is 2.20 bits per heavy atom. The van der Waals surface area contributed by atoms with Gasteiger partial charge in [0.05, 0.1) is 15.7 Å². The van der Waals surface area contributed by atoms with Crippen molar-refractivity contribution in [2.45, 2.75) is 48.9 Å². The van der Waals surface area contributed by atoms with E-state index in [1.165, 1.54) is 16.7 Å². The second kappa shape index (κ2) is 8.09. The molecule has 4 heterocycles. The highest BCUT2D eigenvalue weighted by Crippen LogP contribution is 2.53. The highest BCUT2D eigenvalue weighted by Gasteiger charge is 2.46. The first kappa shape index (κ1) is 20.2. The third-order valence-electron chi connectivity index (χ3n) is 6.76. The van der Waals surface area contributed by atoms with Gasteiger partial charge in [-0.1, -0.05) is 11.8 Å². The summed E-state index contributed by atoms with van der Waals surface area (Å²) in [7, 11) is 0. The maximum atomic E-state index is 13.0. The number of halogens is 1. The molecule has 0 saturated carbocycles. The van der Waals surface area contributed by atoms with Gasteiger partial charge < -0.3 is 5.32 Å². The number of alkyl halides is 1. The summed E-state index contributed by atoms with van der Waals surface area (Å²) < 4.78 is 14.3. The zero-order valence-electron chi connectivity index (χ0n) is 17.4. The van der Waals surface area contributed by atoms with Gasteiger partial charge in [0, 0.05) is 40.5 Å². The van der Waals surface area contributed by atoms with Gasteiger partial charge in [0.1, 0.15) is 11.7 Å². The molecule has 3 atom stereocenters. The fourth-order valence-electron chi connectivity index (χ4n) is 5.21. The fraction of sp³-hybridized carbons (Fsp3) is 0.478. The smallest absolute Gasteiger partial charge is 0.102 e. The van der Waals surface area contributed by atoms with E-state index in [4.69, 9.17) is 4.98 Å². The summed E-state index contributed by atoms with van der Waals surface area (Å²) in [4.78, 5) is 11.5. The van der Waals surface area contributed by atoms with Crippen LogP contribution >= 0.6 is 23.1 Å². The molecule has 0 radical (unpaired) electrons. The van der Waals surface area contributed by atoms with Crippen LogP contribution in [0.3, 0.4) is 0 Å². The molecule has 1 unspecified atom stereocenters. The van der Waals surface area contributed by atoms with Gasteiger partial charge in [-0.3, -0.25) is 4.90 Å². The van der Waals surface area contributed by atoms with E-state index in [1.807, 2.05) is 23.5 Å². The summed E-state index contributed by atoms with van der Waals surface area (Å²) in [5, 5.41) is 4.75. The van der Waals surface area contributed by atoms with E-state index in [-0.39, 0.29) is 11.4 Å². The lowest BCUT2D eigenvalue weighted by Crippen LogP contribution is -2.51. The van der Waals surface area contributed by atoms with Crippen LogP contribution in [0.2, 0.25) is 0 Å². The number of nitrogens with zero attached hydrogens (tertiary/aromatic N) is 3. The molecule has 30 heavy (non-hydrogen) atoms. The number of hydrogen-bond acceptors (Lipinski definition) is 6. The number of nitrogens with one attached hydrogen (secondary N) is 1. The molecule has 3 aromatic rings. The van der Waals surface area contributed by atoms with Gasteiger partial charge in [0.2, 0.25) is 0 Å². The Labute approximate surface area is 185 Å². The Kier molecular flexibility index (Phi) is 5.45. The van der Waals surface area contributed by atoms with Gasteiger partial charge in [0.15, 0.2) is 0 Å². The largest absolute Gasteiger partial charge is 0.355 e. The molecule has 0 aliphatic carbocycles. The monoisotopic (exact) mass is 442 g/mol. The Morgan fingerprint density at radius 1 is 1.30 bits per heavy atom. The summed E-state index contributed by atoms with van der Waals surface area (Å²) in [5.74, 6) is 0.524. The van der Waals surface area contributed by atoms with Gasteiger partial charge in [-0.15, -0.1) is 11.3 Å². The summed E-state index contributed by atoms with van der Waals surface area (Å²) >= 11 is 3.58. The second-order valence-electron chi connectivity index (χ2n) is 8.61. The van der Waals surface area contributed by atoms with E-state index >= 15 is 0 Å². The normalized spacial score (nSPS) is 26.8. The van der Waals surface area contributed by atoms with Gasteiger partial charge in [-0.05, 0) is 69.8 Å². The van der Waals surface area contributed by atoms with Crippen molar-refractivity contribution in [1.82, 2.24) is 14.9 Å². The average Bonchev–Trinajstić information content (AvgIpc) is 3.34. The number of piperidine rings is 1. The van der Waals surface area contributed by atoms with E-state index in [2.05, 4.69) is 53.3 Å². The fourth-order valence-corrected chi connectivity index (χ4v) is 7.41. The number of benzene rings is 1. The van der Waals surface area contributed by atoms with Gasteiger partial charge >= 0.3 is 0 Å². The van der Waals surface area contributed by atoms with Crippen molar-refractivity contribution < 1.29 is 4.39 Å². The van der Waals surface area contributed by atoms with Crippen molar-refractivity contribution in [2.24, 2.45) is 5.92 Å². The average molecular weight is 443 g/mol. The number of hydrogen-bond donors (Lipinski definition) is 1. The number of thiazole rings is 1. The minimum absolute atomic E-state index is 0.0837. The van der Waals surface area contributed by atoms with E-state index in [0.717, 1.165) is 41.3 Å². The van der Waals surface area contributed by atoms with Crippen LogP contribution in [0.5, 0.6) is 0 Å². The lowest BCUT2D eigenvalue weighted by Gasteiger charge is -2.46. The van der Waals surface area contributed by atoms with Crippen molar-refractivity contribution >= 4 is 44.7 Å². The molecule has 1 aromatic carbocycles. The quantitative estimate of drug-likeness (QED) is 0.532. The third-order valence-corrected chi connectivity index (χ3v) is 9.03. The van der Waals surface area contributed by atoms with Crippen LogP contribution in [-0.4, -0.2) is 45.4 Å². The van der Waals surface area contributed by atoms with Crippen LogP contribution in [-0.2, 0) is 6.42 Å². The van der Waals surface area contributed by atoms with Crippen LogP contribution in [0.15, 0.2) is 41.0 Å². The van der Waals surface area contributed by atoms with Crippen molar-refractivity contribution in [1.29, 1.82) is 0 Å². The first-order chi connectivity index (χ1) is 14.6. The van der Waals surface area contributed by atoms with Crippen LogP contribution in [0.4, 0.5) is 15.8 Å². The maximum Gasteiger partial charge on any atom is 0.102 e. The minimum atomic E-state index is -0.264. The molecule has 2 aliphatic rings. The first-order valence-electron chi connectivity index (χ1n) is 10.6. The second-order valence-corrected chi connectivity index (χ2v) is 11.0. The lowest BCUT2D eigenvalue weighted by molar-refractivity contribution is 0.0799. The Morgan fingerprint density at radius 3 is 3.07 bits per heavy atom. The highest BCUT2D eigenvalue weighted by molar-refractivity contribution is 8.01. The zero-order valence-corrected chi connectivity index (χ0v) is 19.0. The number of anilines is 2. The van der Waals surface area contributed by atoms with E-state index < -0.39 is 0 Å². The standard InChI is InChI=1S/C23H27FN4S2/c1-15-18(4-3-10-28(15)11-8-24)23(2)13-17-19(7-9-25-22(17)30-23)27-16-5-6-21-20(12-16)26-14-29-21/h5-7,9,12,14-15,18H,3-4,8,10-11,13H2,1-2H3,(H,25,27)/t15-,18+,23?/m0/s1. The molecule has 2 aromatic heterocycles. The number of pyridine rings is 1. The third kappa shape index (κ3) is 3.61. The molecule has 158 valence electrons. The number of rotatable bonds is 5. The predicted octanol–water partition coefficient (Wildman–Crippen LogP) is 5.91. The van der Waals surface area contributed by atoms with Gasteiger partial charge in [-0.2, -0.15) is 0 Å². The number of fused-ring (bicyclic) bond motifs is 2. The number of aromatic nitrogens is 2. The van der Waals surface area contributed by atoms with Crippen LogP contribution < -0.4 is 5.32 Å². The van der Waals surface area contributed by atoms with Crippen molar-refractivity contribution in [3.63, 3.8) is 0 Å². The molecule has 0 spiro atoms. The molecule has 1 fully saturated rings. The SMILES string of the molecule is C[C@H]1[C@H](C2(C)Cc3c(Nc4ccc5scnc5c4)ccnc3S2)CCCN1CCF. The Hall–Kier alpha value is -1.70. The Bertz CT molecular complexity index is 1050. The number of likely N-dealkylation sites (tertiary alicyclic amines) is 1. The summed E-state index contributed by atoms with van der Waals surface area (Å²) in [6, 6.07) is 8.82. The molecular weight excluding hydrogens is 415 g/mol. The van der Waals surface area contributed by atoms with E-state index in [9.17, 15) is 4.39 Å². The molecule has 2 aliphatic heterocycles. The molecule has 0 bridgehead atoms. The lowest BCUT2D eigenvalue weighted by atomic mass is 9.77. The van der Waals surface area contributed by atoms with Gasteiger partial charge in [0.25, 0.3) is 0 Å². The van der Waals surface area contributed by atoms with Crippen molar-refractivity contribution in [3.05, 3.63) is 41.5 Å². The van der Waals surface area contributed by atoms with Crippen molar-refractivity contribution in [2.75, 3.05) is 25.1 Å². The molecule has 7 heteroatoms. The van der Waals surface area contributed by atoms with Crippen molar-refractivity contribution in [3.8, 4) is 0 Å². The molecule has 0 amide bonds. The maximum absolute atomic E-state index is 13.0. The van der Waals surface area contributed by atoms with Crippen LogP contribution in [0.25, 0.3) is 10.2 Å². The molecule has 1 saturated heterocycles. The highest BCUT2D eigenvalue weighted by atomic mass is 32.2. The summed E-state index contributed by atoms with van der Waals surface area (Å²) in [6.45, 7) is 5.96. The Balaban J connectivity index is 1.40. The first-order valence-corrected chi connectivity index (χ1v) is 12.3. The van der Waals surface area contributed by atoms with Crippen LogP contribution in [0.1, 0.15) is 32.3 Å². The molecule has 1 N–H and O–H groups in total. The minimum Gasteiger partial charge on any atom is -0.355 e. The molecule has 4 nitrogen and oxygen atoms in total. The van der Waals surface area contributed by atoms with E-state index in [0.29, 0.717) is 18.5 Å². The van der Waals surface area contributed by atoms with Crippen LogP contribution in [0, 0.1) is 5.92 Å². The number of thioether (sulfide) groups is 1.